The summed E-state index contributed by atoms with van der Waals surface area (Å²) >= 11 is 6.38. The van der Waals surface area contributed by atoms with E-state index in [2.05, 4.69) is 5.32 Å². The number of amides is 2. The molecule has 3 aromatic carbocycles. The monoisotopic (exact) mass is 619 g/mol. The maximum Gasteiger partial charge on any atom is 0.264 e. The molecule has 0 fully saturated rings. The smallest absolute Gasteiger partial charge is 0.264 e. The van der Waals surface area contributed by atoms with Gasteiger partial charge in [-0.25, -0.2) is 12.8 Å². The normalized spacial score (nSPS) is 12.6. The topological polar surface area (TPSA) is 105 Å². The molecule has 0 aliphatic heterocycles. The highest BCUT2D eigenvalue weighted by Crippen LogP contribution is 2.32. The lowest BCUT2D eigenvalue weighted by molar-refractivity contribution is -0.139. The SMILES string of the molecule is CC[C@H](C)NC(=O)[C@@H](C)N(Cc1ccccc1Cl)C(=O)CN(c1ccc(F)cc1)S(=O)(=O)c1ccc(OC)c(OC)c1. The van der Waals surface area contributed by atoms with Gasteiger partial charge in [-0.2, -0.15) is 0 Å². The van der Waals surface area contributed by atoms with Crippen LogP contribution in [0.15, 0.2) is 71.6 Å². The minimum atomic E-state index is -4.40. The zero-order valence-electron chi connectivity index (χ0n) is 24.1. The highest BCUT2D eigenvalue weighted by atomic mass is 35.5. The summed E-state index contributed by atoms with van der Waals surface area (Å²) < 4.78 is 53.2. The Hall–Kier alpha value is -3.83. The Morgan fingerprint density at radius 3 is 2.21 bits per heavy atom. The fourth-order valence-corrected chi connectivity index (χ4v) is 5.72. The third kappa shape index (κ3) is 7.71. The van der Waals surface area contributed by atoms with Crippen LogP contribution in [0.4, 0.5) is 10.1 Å². The van der Waals surface area contributed by atoms with Gasteiger partial charge >= 0.3 is 0 Å². The molecule has 0 aliphatic carbocycles. The molecule has 0 radical (unpaired) electrons. The fourth-order valence-electron chi connectivity index (χ4n) is 4.10. The van der Waals surface area contributed by atoms with E-state index in [1.807, 2.05) is 13.8 Å². The summed E-state index contributed by atoms with van der Waals surface area (Å²) in [6, 6.07) is 14.5. The molecule has 0 heterocycles. The van der Waals surface area contributed by atoms with Gasteiger partial charge in [-0.15, -0.1) is 0 Å². The Morgan fingerprint density at radius 1 is 0.976 bits per heavy atom. The number of benzene rings is 3. The van der Waals surface area contributed by atoms with Crippen LogP contribution in [0.2, 0.25) is 5.02 Å². The first-order valence-electron chi connectivity index (χ1n) is 13.3. The molecule has 1 N–H and O–H groups in total. The van der Waals surface area contributed by atoms with Crippen molar-refractivity contribution in [2.24, 2.45) is 0 Å². The van der Waals surface area contributed by atoms with E-state index in [1.54, 1.807) is 31.2 Å². The molecule has 0 bridgehead atoms. The largest absolute Gasteiger partial charge is 0.493 e. The van der Waals surface area contributed by atoms with Crippen molar-refractivity contribution in [1.82, 2.24) is 10.2 Å². The van der Waals surface area contributed by atoms with Gasteiger partial charge < -0.3 is 19.7 Å². The predicted octanol–water partition coefficient (Wildman–Crippen LogP) is 5.02. The number of sulfonamides is 1. The number of ether oxygens (including phenoxy) is 2. The molecule has 42 heavy (non-hydrogen) atoms. The maximum absolute atomic E-state index is 14.0. The van der Waals surface area contributed by atoms with Crippen molar-refractivity contribution in [1.29, 1.82) is 0 Å². The third-order valence-corrected chi connectivity index (χ3v) is 8.94. The van der Waals surface area contributed by atoms with Crippen LogP contribution in [-0.4, -0.2) is 58.0 Å². The number of methoxy groups -OCH3 is 2. The Morgan fingerprint density at radius 2 is 1.62 bits per heavy atom. The number of carbonyl (C=O) groups excluding carboxylic acids is 2. The second kappa shape index (κ2) is 14.4. The van der Waals surface area contributed by atoms with Gasteiger partial charge in [0.05, 0.1) is 24.8 Å². The molecular weight excluding hydrogens is 585 g/mol. The van der Waals surface area contributed by atoms with E-state index in [4.69, 9.17) is 21.1 Å². The Bertz CT molecular complexity index is 1500. The average Bonchev–Trinajstić information content (AvgIpc) is 2.98. The molecule has 226 valence electrons. The minimum absolute atomic E-state index is 0.0499. The van der Waals surface area contributed by atoms with Crippen LogP contribution in [-0.2, 0) is 26.2 Å². The number of nitrogens with one attached hydrogen (secondary N) is 1. The Kier molecular flexibility index (Phi) is 11.2. The molecule has 3 aromatic rings. The molecule has 2 amide bonds. The molecule has 12 heteroatoms. The summed E-state index contributed by atoms with van der Waals surface area (Å²) in [7, 11) is -1.61. The molecule has 0 unspecified atom stereocenters. The van der Waals surface area contributed by atoms with Crippen LogP contribution < -0.4 is 19.1 Å². The average molecular weight is 620 g/mol. The molecular formula is C30H35ClFN3O6S. The highest BCUT2D eigenvalue weighted by molar-refractivity contribution is 7.92. The van der Waals surface area contributed by atoms with Crippen molar-refractivity contribution in [2.45, 2.75) is 50.7 Å². The summed E-state index contributed by atoms with van der Waals surface area (Å²) in [6.45, 7) is 4.59. The lowest BCUT2D eigenvalue weighted by atomic mass is 10.1. The van der Waals surface area contributed by atoms with Crippen molar-refractivity contribution in [2.75, 3.05) is 25.1 Å². The molecule has 0 saturated carbocycles. The zero-order valence-corrected chi connectivity index (χ0v) is 25.7. The maximum atomic E-state index is 14.0. The molecule has 3 rings (SSSR count). The number of rotatable bonds is 13. The van der Waals surface area contributed by atoms with Crippen molar-refractivity contribution in [3.8, 4) is 11.5 Å². The van der Waals surface area contributed by atoms with Crippen molar-refractivity contribution in [3.63, 3.8) is 0 Å². The van der Waals surface area contributed by atoms with Gasteiger partial charge in [-0.3, -0.25) is 13.9 Å². The van der Waals surface area contributed by atoms with Crippen molar-refractivity contribution < 1.29 is 31.9 Å². The lowest BCUT2D eigenvalue weighted by Gasteiger charge is -2.32. The second-order valence-corrected chi connectivity index (χ2v) is 11.9. The van der Waals surface area contributed by atoms with Gasteiger partial charge in [0.1, 0.15) is 18.4 Å². The van der Waals surface area contributed by atoms with Crippen LogP contribution >= 0.6 is 11.6 Å². The summed E-state index contributed by atoms with van der Waals surface area (Å²) in [6.07, 6.45) is 0.679. The first kappa shape index (κ1) is 32.7. The van der Waals surface area contributed by atoms with Crippen molar-refractivity contribution >= 4 is 39.1 Å². The number of hydrogen-bond donors (Lipinski definition) is 1. The van der Waals surface area contributed by atoms with Crippen molar-refractivity contribution in [3.05, 3.63) is 83.1 Å². The standard InChI is InChI=1S/C30H35ClFN3O6S/c1-6-20(2)33-30(37)21(3)34(18-22-9-7-8-10-26(22)31)29(36)19-35(24-13-11-23(32)12-14-24)42(38,39)25-15-16-27(40-4)28(17-25)41-5/h7-17,20-21H,6,18-19H2,1-5H3,(H,33,37)/t20-,21+/m0/s1. The summed E-state index contributed by atoms with van der Waals surface area (Å²) in [5, 5.41) is 3.26. The van der Waals surface area contributed by atoms with Gasteiger partial charge in [-0.05, 0) is 68.3 Å². The van der Waals surface area contributed by atoms with Gasteiger partial charge in [-0.1, -0.05) is 36.7 Å². The van der Waals surface area contributed by atoms with E-state index in [1.165, 1.54) is 49.5 Å². The van der Waals surface area contributed by atoms with Gasteiger partial charge in [0.15, 0.2) is 11.5 Å². The van der Waals surface area contributed by atoms with Gasteiger partial charge in [0.2, 0.25) is 11.8 Å². The Balaban J connectivity index is 2.07. The third-order valence-electron chi connectivity index (χ3n) is 6.80. The van der Waals surface area contributed by atoms with E-state index >= 15 is 0 Å². The molecule has 0 aromatic heterocycles. The number of carbonyl (C=O) groups is 2. The second-order valence-electron chi connectivity index (χ2n) is 9.61. The van der Waals surface area contributed by atoms with Gasteiger partial charge in [0, 0.05) is 23.7 Å². The first-order chi connectivity index (χ1) is 19.9. The van der Waals surface area contributed by atoms with E-state index in [9.17, 15) is 22.4 Å². The Labute approximate surface area is 251 Å². The molecule has 9 nitrogen and oxygen atoms in total. The molecule has 0 aliphatic rings. The molecule has 0 saturated heterocycles. The van der Waals surface area contributed by atoms with Crippen LogP contribution in [0.3, 0.4) is 0 Å². The molecule has 2 atom stereocenters. The summed E-state index contributed by atoms with van der Waals surface area (Å²) in [4.78, 5) is 28.2. The molecule has 0 spiro atoms. The quantitative estimate of drug-likeness (QED) is 0.288. The summed E-state index contributed by atoms with van der Waals surface area (Å²) in [5.74, 6) is -1.17. The van der Waals surface area contributed by atoms with Crippen LogP contribution in [0.25, 0.3) is 0 Å². The number of hydrogen-bond acceptors (Lipinski definition) is 6. The van der Waals surface area contributed by atoms with E-state index in [0.717, 1.165) is 16.4 Å². The van der Waals surface area contributed by atoms with Crippen LogP contribution in [0.1, 0.15) is 32.8 Å². The lowest BCUT2D eigenvalue weighted by Crippen LogP contribution is -2.52. The van der Waals surface area contributed by atoms with E-state index < -0.39 is 40.2 Å². The number of halogens is 2. The number of anilines is 1. The van der Waals surface area contributed by atoms with Crippen LogP contribution in [0, 0.1) is 5.82 Å². The zero-order chi connectivity index (χ0) is 31.0. The van der Waals surface area contributed by atoms with E-state index in [0.29, 0.717) is 22.8 Å². The van der Waals surface area contributed by atoms with E-state index in [-0.39, 0.29) is 28.9 Å². The fraction of sp³-hybridized carbons (Fsp3) is 0.333. The predicted molar refractivity (Wildman–Crippen MR) is 160 cm³/mol. The highest BCUT2D eigenvalue weighted by Gasteiger charge is 2.33. The summed E-state index contributed by atoms with van der Waals surface area (Å²) in [5.41, 5.74) is 0.626. The van der Waals surface area contributed by atoms with Gasteiger partial charge in [0.25, 0.3) is 10.0 Å². The van der Waals surface area contributed by atoms with Crippen LogP contribution in [0.5, 0.6) is 11.5 Å². The number of nitrogens with zero attached hydrogens (tertiary/aromatic N) is 2. The first-order valence-corrected chi connectivity index (χ1v) is 15.1. The minimum Gasteiger partial charge on any atom is -0.493 e.